The molecule has 0 aromatic heterocycles. The fourth-order valence-electron chi connectivity index (χ4n) is 2.25. The highest BCUT2D eigenvalue weighted by atomic mass is 16.1. The highest BCUT2D eigenvalue weighted by Crippen LogP contribution is 2.31. The molecular weight excluding hydrogens is 226 g/mol. The molecule has 4 nitrogen and oxygen atoms in total. The van der Waals surface area contributed by atoms with E-state index in [1.165, 1.54) is 19.3 Å². The van der Waals surface area contributed by atoms with Crippen molar-refractivity contribution in [3.63, 3.8) is 0 Å². The molecule has 18 heavy (non-hydrogen) atoms. The summed E-state index contributed by atoms with van der Waals surface area (Å²) in [6.45, 7) is 2.53. The van der Waals surface area contributed by atoms with Crippen molar-refractivity contribution in [1.29, 1.82) is 0 Å². The number of nitrogens with zero attached hydrogens (tertiary/aromatic N) is 1. The predicted octanol–water partition coefficient (Wildman–Crippen LogP) is 2.01. The average molecular weight is 247 g/mol. The fourth-order valence-corrected chi connectivity index (χ4v) is 2.25. The Kier molecular flexibility index (Phi) is 3.75. The number of carbonyl (C=O) groups is 1. The Morgan fingerprint density at radius 1 is 1.50 bits per heavy atom. The monoisotopic (exact) mass is 247 g/mol. The van der Waals surface area contributed by atoms with Gasteiger partial charge in [0.25, 0.3) is 5.91 Å². The zero-order chi connectivity index (χ0) is 13.1. The van der Waals surface area contributed by atoms with Crippen LogP contribution in [0.25, 0.3) is 0 Å². The highest BCUT2D eigenvalue weighted by molar-refractivity contribution is 5.96. The Labute approximate surface area is 108 Å². The molecule has 0 aliphatic heterocycles. The summed E-state index contributed by atoms with van der Waals surface area (Å²) in [5.41, 5.74) is 8.37. The molecule has 0 atom stereocenters. The summed E-state index contributed by atoms with van der Waals surface area (Å²) in [7, 11) is 2.07. The Morgan fingerprint density at radius 2 is 2.22 bits per heavy atom. The number of nitrogen functional groups attached to an aromatic ring is 1. The number of nitrogens with two attached hydrogens (primary N) is 1. The third kappa shape index (κ3) is 2.42. The number of benzene rings is 1. The first-order valence-electron chi connectivity index (χ1n) is 6.54. The van der Waals surface area contributed by atoms with Gasteiger partial charge in [0.2, 0.25) is 0 Å². The summed E-state index contributed by atoms with van der Waals surface area (Å²) < 4.78 is 0. The summed E-state index contributed by atoms with van der Waals surface area (Å²) in [4.78, 5) is 13.9. The largest absolute Gasteiger partial charge is 0.397 e. The van der Waals surface area contributed by atoms with Crippen LogP contribution in [0.2, 0.25) is 0 Å². The van der Waals surface area contributed by atoms with Gasteiger partial charge in [-0.05, 0) is 44.4 Å². The van der Waals surface area contributed by atoms with Crippen LogP contribution in [0.3, 0.4) is 0 Å². The van der Waals surface area contributed by atoms with Gasteiger partial charge in [0.1, 0.15) is 0 Å². The lowest BCUT2D eigenvalue weighted by Crippen LogP contribution is -2.37. The van der Waals surface area contributed by atoms with E-state index in [0.717, 1.165) is 5.69 Å². The maximum Gasteiger partial charge on any atom is 0.251 e. The molecule has 0 heterocycles. The lowest BCUT2D eigenvalue weighted by atomic mass is 9.91. The summed E-state index contributed by atoms with van der Waals surface area (Å²) in [6.07, 6.45) is 3.76. The first-order chi connectivity index (χ1) is 8.63. The second-order valence-corrected chi connectivity index (χ2v) is 4.83. The number of carbonyl (C=O) groups excluding carboxylic acids is 1. The van der Waals surface area contributed by atoms with Crippen LogP contribution in [-0.4, -0.2) is 25.5 Å². The van der Waals surface area contributed by atoms with Crippen LogP contribution in [0.1, 0.15) is 36.5 Å². The van der Waals surface area contributed by atoms with E-state index < -0.39 is 0 Å². The fraction of sp³-hybridized carbons (Fsp3) is 0.500. The van der Waals surface area contributed by atoms with Crippen LogP contribution >= 0.6 is 0 Å². The molecule has 1 aliphatic carbocycles. The third-order valence-electron chi connectivity index (χ3n) is 3.63. The van der Waals surface area contributed by atoms with Crippen molar-refractivity contribution in [2.24, 2.45) is 0 Å². The van der Waals surface area contributed by atoms with Crippen molar-refractivity contribution in [3.8, 4) is 0 Å². The van der Waals surface area contributed by atoms with Crippen LogP contribution in [0.15, 0.2) is 18.2 Å². The molecular formula is C14H21N3O. The second-order valence-electron chi connectivity index (χ2n) is 4.83. The highest BCUT2D eigenvalue weighted by Gasteiger charge is 2.23. The van der Waals surface area contributed by atoms with E-state index in [0.29, 0.717) is 23.8 Å². The van der Waals surface area contributed by atoms with Crippen LogP contribution in [0.4, 0.5) is 11.4 Å². The molecule has 1 fully saturated rings. The number of amides is 1. The van der Waals surface area contributed by atoms with Crippen LogP contribution < -0.4 is 16.0 Å². The molecule has 1 aromatic rings. The van der Waals surface area contributed by atoms with Gasteiger partial charge >= 0.3 is 0 Å². The van der Waals surface area contributed by atoms with Gasteiger partial charge in [-0.2, -0.15) is 0 Å². The SMILES string of the molecule is CCNC(=O)c1ccc(N(C)C2CCC2)c(N)c1. The Hall–Kier alpha value is -1.71. The van der Waals surface area contributed by atoms with E-state index in [1.54, 1.807) is 6.07 Å². The van der Waals surface area contributed by atoms with E-state index in [4.69, 9.17) is 5.73 Å². The topological polar surface area (TPSA) is 58.4 Å². The van der Waals surface area contributed by atoms with Crippen molar-refractivity contribution >= 4 is 17.3 Å². The molecule has 0 bridgehead atoms. The Morgan fingerprint density at radius 3 is 2.72 bits per heavy atom. The number of hydrogen-bond acceptors (Lipinski definition) is 3. The summed E-state index contributed by atoms with van der Waals surface area (Å²) in [5, 5.41) is 2.77. The van der Waals surface area contributed by atoms with Crippen LogP contribution in [0, 0.1) is 0 Å². The molecule has 1 saturated carbocycles. The van der Waals surface area contributed by atoms with Crippen molar-refractivity contribution in [1.82, 2.24) is 5.32 Å². The predicted molar refractivity (Wildman–Crippen MR) is 74.9 cm³/mol. The molecule has 98 valence electrons. The molecule has 0 spiro atoms. The molecule has 1 amide bonds. The van der Waals surface area contributed by atoms with Gasteiger partial charge < -0.3 is 16.0 Å². The first kappa shape index (κ1) is 12.7. The minimum Gasteiger partial charge on any atom is -0.397 e. The molecule has 1 aliphatic rings. The Balaban J connectivity index is 2.16. The standard InChI is InChI=1S/C14H21N3O/c1-3-16-14(18)10-7-8-13(12(15)9-10)17(2)11-5-4-6-11/h7-9,11H,3-6,15H2,1-2H3,(H,16,18). The maximum absolute atomic E-state index is 11.7. The minimum absolute atomic E-state index is 0.0675. The van der Waals surface area contributed by atoms with Gasteiger partial charge in [0, 0.05) is 25.2 Å². The second kappa shape index (κ2) is 5.29. The van der Waals surface area contributed by atoms with E-state index in [9.17, 15) is 4.79 Å². The van der Waals surface area contributed by atoms with Gasteiger partial charge in [-0.1, -0.05) is 0 Å². The maximum atomic E-state index is 11.7. The van der Waals surface area contributed by atoms with Crippen molar-refractivity contribution in [2.75, 3.05) is 24.2 Å². The lowest BCUT2D eigenvalue weighted by Gasteiger charge is -2.37. The van der Waals surface area contributed by atoms with E-state index in [2.05, 4.69) is 17.3 Å². The quantitative estimate of drug-likeness (QED) is 0.800. The number of nitrogens with one attached hydrogen (secondary N) is 1. The van der Waals surface area contributed by atoms with E-state index in [-0.39, 0.29) is 5.91 Å². The van der Waals surface area contributed by atoms with Crippen LogP contribution in [0.5, 0.6) is 0 Å². The molecule has 3 N–H and O–H groups in total. The van der Waals surface area contributed by atoms with Gasteiger partial charge in [-0.25, -0.2) is 0 Å². The average Bonchev–Trinajstić information content (AvgIpc) is 2.26. The lowest BCUT2D eigenvalue weighted by molar-refractivity contribution is 0.0956. The molecule has 4 heteroatoms. The van der Waals surface area contributed by atoms with Gasteiger partial charge in [0.15, 0.2) is 0 Å². The zero-order valence-electron chi connectivity index (χ0n) is 11.1. The Bertz CT molecular complexity index is 441. The smallest absolute Gasteiger partial charge is 0.251 e. The van der Waals surface area contributed by atoms with Gasteiger partial charge in [-0.15, -0.1) is 0 Å². The molecule has 0 radical (unpaired) electrons. The van der Waals surface area contributed by atoms with Crippen molar-refractivity contribution in [2.45, 2.75) is 32.2 Å². The number of hydrogen-bond donors (Lipinski definition) is 2. The van der Waals surface area contributed by atoms with Gasteiger partial charge in [-0.3, -0.25) is 4.79 Å². The summed E-state index contributed by atoms with van der Waals surface area (Å²) >= 11 is 0. The van der Waals surface area contributed by atoms with Gasteiger partial charge in [0.05, 0.1) is 11.4 Å². The summed E-state index contributed by atoms with van der Waals surface area (Å²) in [5.74, 6) is -0.0675. The minimum atomic E-state index is -0.0675. The zero-order valence-corrected chi connectivity index (χ0v) is 11.1. The number of rotatable bonds is 4. The van der Waals surface area contributed by atoms with E-state index >= 15 is 0 Å². The van der Waals surface area contributed by atoms with Crippen molar-refractivity contribution in [3.05, 3.63) is 23.8 Å². The third-order valence-corrected chi connectivity index (χ3v) is 3.63. The molecule has 0 unspecified atom stereocenters. The van der Waals surface area contributed by atoms with Crippen LogP contribution in [-0.2, 0) is 0 Å². The van der Waals surface area contributed by atoms with E-state index in [1.807, 2.05) is 19.1 Å². The normalized spacial score (nSPS) is 15.0. The molecule has 0 saturated heterocycles. The van der Waals surface area contributed by atoms with Crippen molar-refractivity contribution < 1.29 is 4.79 Å². The first-order valence-corrected chi connectivity index (χ1v) is 6.54. The summed E-state index contributed by atoms with van der Waals surface area (Å²) in [6, 6.07) is 6.14. The number of anilines is 2. The molecule has 2 rings (SSSR count). The molecule has 1 aromatic carbocycles.